The summed E-state index contributed by atoms with van der Waals surface area (Å²) < 4.78 is 5.47. The van der Waals surface area contributed by atoms with Crippen LogP contribution in [0.25, 0.3) is 0 Å². The topological polar surface area (TPSA) is 78.4 Å². The zero-order valence-corrected chi connectivity index (χ0v) is 10.4. The van der Waals surface area contributed by atoms with Crippen LogP contribution in [-0.4, -0.2) is 11.5 Å². The summed E-state index contributed by atoms with van der Waals surface area (Å²) in [4.78, 5) is 11.4. The Morgan fingerprint density at radius 2 is 2.22 bits per heavy atom. The maximum Gasteiger partial charge on any atom is 0.275 e. The lowest BCUT2D eigenvalue weighted by Crippen LogP contribution is -2.01. The molecular weight excluding hydrogens is 252 g/mol. The maximum absolute atomic E-state index is 10.7. The number of non-ortho nitro benzene ring substituents is 1. The average Bonchev–Trinajstić information content (AvgIpc) is 2.81. The molecule has 0 spiro atoms. The summed E-state index contributed by atoms with van der Waals surface area (Å²) >= 11 is 1.66. The van der Waals surface area contributed by atoms with Crippen molar-refractivity contribution in [2.24, 2.45) is 0 Å². The van der Waals surface area contributed by atoms with Gasteiger partial charge >= 0.3 is 0 Å². The molecule has 94 valence electrons. The van der Waals surface area contributed by atoms with Crippen LogP contribution < -0.4 is 10.5 Å². The van der Waals surface area contributed by atoms with Crippen molar-refractivity contribution >= 4 is 22.7 Å². The molecular formula is C12H12N2O3S. The number of nitrogens with zero attached hydrogens (tertiary/aromatic N) is 1. The van der Waals surface area contributed by atoms with E-state index in [1.165, 1.54) is 17.0 Å². The van der Waals surface area contributed by atoms with Crippen molar-refractivity contribution in [3.63, 3.8) is 0 Å². The Hall–Kier alpha value is -2.08. The van der Waals surface area contributed by atoms with E-state index in [4.69, 9.17) is 10.5 Å². The van der Waals surface area contributed by atoms with Crippen molar-refractivity contribution in [1.82, 2.24) is 0 Å². The Morgan fingerprint density at radius 3 is 2.89 bits per heavy atom. The Morgan fingerprint density at radius 1 is 1.39 bits per heavy atom. The molecule has 0 bridgehead atoms. The fourth-order valence-corrected chi connectivity index (χ4v) is 2.21. The van der Waals surface area contributed by atoms with E-state index < -0.39 is 4.92 Å². The number of nitrogen functional groups attached to an aromatic ring is 1. The number of nitro groups is 1. The van der Waals surface area contributed by atoms with Crippen LogP contribution in [0.3, 0.4) is 0 Å². The maximum atomic E-state index is 10.7. The molecule has 0 atom stereocenters. The van der Waals surface area contributed by atoms with E-state index in [0.717, 1.165) is 6.42 Å². The van der Waals surface area contributed by atoms with Gasteiger partial charge in [0, 0.05) is 29.1 Å². The van der Waals surface area contributed by atoms with Gasteiger partial charge in [-0.2, -0.15) is 0 Å². The van der Waals surface area contributed by atoms with Gasteiger partial charge < -0.3 is 10.5 Å². The van der Waals surface area contributed by atoms with Gasteiger partial charge in [-0.25, -0.2) is 0 Å². The highest BCUT2D eigenvalue weighted by molar-refractivity contribution is 7.09. The smallest absolute Gasteiger partial charge is 0.275 e. The van der Waals surface area contributed by atoms with Crippen LogP contribution in [0, 0.1) is 10.1 Å². The molecule has 2 rings (SSSR count). The van der Waals surface area contributed by atoms with E-state index in [1.807, 2.05) is 17.5 Å². The molecule has 0 aliphatic rings. The highest BCUT2D eigenvalue weighted by Crippen LogP contribution is 2.24. The van der Waals surface area contributed by atoms with Gasteiger partial charge in [0.25, 0.3) is 5.69 Å². The van der Waals surface area contributed by atoms with Crippen LogP contribution in [0.5, 0.6) is 5.75 Å². The third-order valence-corrected chi connectivity index (χ3v) is 3.26. The molecule has 5 nitrogen and oxygen atoms in total. The lowest BCUT2D eigenvalue weighted by Gasteiger charge is -2.06. The van der Waals surface area contributed by atoms with Gasteiger partial charge in [0.05, 0.1) is 17.6 Å². The molecule has 0 amide bonds. The summed E-state index contributed by atoms with van der Waals surface area (Å²) in [5.74, 6) is 0.429. The third kappa shape index (κ3) is 3.21. The van der Waals surface area contributed by atoms with Gasteiger partial charge in [-0.05, 0) is 11.4 Å². The van der Waals surface area contributed by atoms with Crippen LogP contribution in [0.2, 0.25) is 0 Å². The monoisotopic (exact) mass is 264 g/mol. The normalized spacial score (nSPS) is 10.2. The lowest BCUT2D eigenvalue weighted by molar-refractivity contribution is -0.384. The van der Waals surface area contributed by atoms with Crippen molar-refractivity contribution in [2.45, 2.75) is 6.42 Å². The number of benzene rings is 1. The second kappa shape index (κ2) is 5.50. The molecule has 0 saturated carbocycles. The predicted molar refractivity (Wildman–Crippen MR) is 71.0 cm³/mol. The van der Waals surface area contributed by atoms with Gasteiger partial charge in [0.2, 0.25) is 0 Å². The summed E-state index contributed by atoms with van der Waals surface area (Å²) in [6.07, 6.45) is 0.778. The highest BCUT2D eigenvalue weighted by atomic mass is 32.1. The number of nitro benzene ring substituents is 1. The van der Waals surface area contributed by atoms with E-state index in [9.17, 15) is 10.1 Å². The van der Waals surface area contributed by atoms with Crippen molar-refractivity contribution in [1.29, 1.82) is 0 Å². The minimum Gasteiger partial charge on any atom is -0.493 e. The number of nitrogens with two attached hydrogens (primary N) is 1. The van der Waals surface area contributed by atoms with E-state index >= 15 is 0 Å². The SMILES string of the molecule is Nc1cc(OCCc2cccs2)cc([N+](=O)[O-])c1. The first kappa shape index (κ1) is 12.4. The summed E-state index contributed by atoms with van der Waals surface area (Å²) in [5, 5.41) is 12.7. The molecule has 0 aliphatic carbocycles. The van der Waals surface area contributed by atoms with Crippen LogP contribution in [0.1, 0.15) is 4.88 Å². The molecule has 6 heteroatoms. The number of rotatable bonds is 5. The summed E-state index contributed by atoms with van der Waals surface area (Å²) in [6, 6.07) is 8.28. The summed E-state index contributed by atoms with van der Waals surface area (Å²) in [6.45, 7) is 0.473. The Kier molecular flexibility index (Phi) is 3.78. The van der Waals surface area contributed by atoms with Crippen LogP contribution in [-0.2, 0) is 6.42 Å². The first-order chi connectivity index (χ1) is 8.65. The van der Waals surface area contributed by atoms with Gasteiger partial charge in [0.15, 0.2) is 0 Å². The molecule has 1 aromatic carbocycles. The largest absolute Gasteiger partial charge is 0.493 e. The highest BCUT2D eigenvalue weighted by Gasteiger charge is 2.09. The number of hydrogen-bond acceptors (Lipinski definition) is 5. The van der Waals surface area contributed by atoms with Gasteiger partial charge in [-0.1, -0.05) is 6.07 Å². The van der Waals surface area contributed by atoms with Crippen LogP contribution in [0.4, 0.5) is 11.4 Å². The van der Waals surface area contributed by atoms with Gasteiger partial charge in [0.1, 0.15) is 5.75 Å². The second-order valence-electron chi connectivity index (χ2n) is 3.70. The minimum atomic E-state index is -0.484. The van der Waals surface area contributed by atoms with Crippen molar-refractivity contribution < 1.29 is 9.66 Å². The van der Waals surface area contributed by atoms with Crippen molar-refractivity contribution in [3.05, 3.63) is 50.7 Å². The fraction of sp³-hybridized carbons (Fsp3) is 0.167. The molecule has 0 unspecified atom stereocenters. The molecule has 0 saturated heterocycles. The quantitative estimate of drug-likeness (QED) is 0.511. The number of ether oxygens (including phenoxy) is 1. The Labute approximate surface area is 108 Å². The Bertz CT molecular complexity index is 540. The van der Waals surface area contributed by atoms with Crippen LogP contribution >= 0.6 is 11.3 Å². The summed E-state index contributed by atoms with van der Waals surface area (Å²) in [5.41, 5.74) is 5.86. The van der Waals surface area contributed by atoms with Crippen molar-refractivity contribution in [2.75, 3.05) is 12.3 Å². The lowest BCUT2D eigenvalue weighted by atomic mass is 10.2. The van der Waals surface area contributed by atoms with Gasteiger partial charge in [-0.15, -0.1) is 11.3 Å². The molecule has 1 heterocycles. The second-order valence-corrected chi connectivity index (χ2v) is 4.73. The van der Waals surface area contributed by atoms with E-state index in [-0.39, 0.29) is 5.69 Å². The average molecular weight is 264 g/mol. The van der Waals surface area contributed by atoms with E-state index in [2.05, 4.69) is 0 Å². The number of anilines is 1. The molecule has 0 radical (unpaired) electrons. The van der Waals surface area contributed by atoms with E-state index in [0.29, 0.717) is 18.0 Å². The molecule has 2 aromatic rings. The molecule has 18 heavy (non-hydrogen) atoms. The Balaban J connectivity index is 1.98. The van der Waals surface area contributed by atoms with Crippen LogP contribution in [0.15, 0.2) is 35.7 Å². The zero-order valence-electron chi connectivity index (χ0n) is 9.54. The number of hydrogen-bond donors (Lipinski definition) is 1. The first-order valence-corrected chi connectivity index (χ1v) is 6.23. The summed E-state index contributed by atoms with van der Waals surface area (Å²) in [7, 11) is 0. The van der Waals surface area contributed by atoms with E-state index in [1.54, 1.807) is 17.4 Å². The minimum absolute atomic E-state index is 0.0545. The van der Waals surface area contributed by atoms with Gasteiger partial charge in [-0.3, -0.25) is 10.1 Å². The van der Waals surface area contributed by atoms with Crippen molar-refractivity contribution in [3.8, 4) is 5.75 Å². The molecule has 0 fully saturated rings. The molecule has 0 aliphatic heterocycles. The fourth-order valence-electron chi connectivity index (χ4n) is 1.52. The standard InChI is InChI=1S/C12H12N2O3S/c13-9-6-10(14(15)16)8-11(7-9)17-4-3-12-2-1-5-18-12/h1-2,5-8H,3-4,13H2. The number of thiophene rings is 1. The molecule has 2 N–H and O–H groups in total. The predicted octanol–water partition coefficient (Wildman–Crippen LogP) is 2.86. The molecule has 1 aromatic heterocycles. The first-order valence-electron chi connectivity index (χ1n) is 5.35. The third-order valence-electron chi connectivity index (χ3n) is 2.32. The zero-order chi connectivity index (χ0) is 13.0.